The maximum Gasteiger partial charge on any atom is 0.412 e. The van der Waals surface area contributed by atoms with Gasteiger partial charge >= 0.3 is 12.1 Å². The fourth-order valence-electron chi connectivity index (χ4n) is 4.88. The van der Waals surface area contributed by atoms with Gasteiger partial charge in [-0.05, 0) is 48.9 Å². The second kappa shape index (κ2) is 11.8. The van der Waals surface area contributed by atoms with E-state index in [0.717, 1.165) is 51.7 Å². The maximum absolute atomic E-state index is 12.9. The molecular formula is C34H38N3O5+. The predicted octanol–water partition coefficient (Wildman–Crippen LogP) is 6.91. The number of esters is 1. The molecule has 4 aromatic rings. The number of hydrogen-bond donors (Lipinski definition) is 1. The first-order valence-corrected chi connectivity index (χ1v) is 14.2. The third-order valence-corrected chi connectivity index (χ3v) is 7.70. The van der Waals surface area contributed by atoms with Crippen LogP contribution >= 0.6 is 0 Å². The number of amides is 1. The van der Waals surface area contributed by atoms with Crippen molar-refractivity contribution in [2.24, 2.45) is 0 Å². The molecule has 1 N–H and O–H groups in total. The summed E-state index contributed by atoms with van der Waals surface area (Å²) in [7, 11) is 6.25. The minimum absolute atomic E-state index is 0.127. The van der Waals surface area contributed by atoms with Gasteiger partial charge in [0.1, 0.15) is 30.6 Å². The molecule has 5 rings (SSSR count). The van der Waals surface area contributed by atoms with Crippen LogP contribution in [0.25, 0.3) is 22.5 Å². The third kappa shape index (κ3) is 6.55. The molecule has 1 heterocycles. The van der Waals surface area contributed by atoms with Crippen LogP contribution in [0.3, 0.4) is 0 Å². The summed E-state index contributed by atoms with van der Waals surface area (Å²) in [6, 6.07) is 25.5. The summed E-state index contributed by atoms with van der Waals surface area (Å²) in [5.41, 5.74) is 5.24. The minimum atomic E-state index is -0.582. The van der Waals surface area contributed by atoms with E-state index in [4.69, 9.17) is 14.0 Å². The summed E-state index contributed by atoms with van der Waals surface area (Å²) < 4.78 is 17.5. The minimum Gasteiger partial charge on any atom is -0.459 e. The lowest BCUT2D eigenvalue weighted by Crippen LogP contribution is -2.38. The summed E-state index contributed by atoms with van der Waals surface area (Å²) in [4.78, 5) is 25.5. The molecule has 0 spiro atoms. The Labute approximate surface area is 246 Å². The average Bonchev–Trinajstić information content (AvgIpc) is 3.72. The van der Waals surface area contributed by atoms with E-state index in [2.05, 4.69) is 31.6 Å². The smallest absolute Gasteiger partial charge is 0.412 e. The molecule has 1 saturated carbocycles. The fourth-order valence-corrected chi connectivity index (χ4v) is 4.88. The van der Waals surface area contributed by atoms with E-state index < -0.39 is 17.6 Å². The molecule has 42 heavy (non-hydrogen) atoms. The fraction of sp³-hybridized carbons (Fsp3) is 0.324. The number of hydrogen-bond acceptors (Lipinski definition) is 6. The topological polar surface area (TPSA) is 90.7 Å². The highest BCUT2D eigenvalue weighted by Gasteiger charge is 2.52. The number of aromatic nitrogens is 1. The van der Waals surface area contributed by atoms with Crippen molar-refractivity contribution in [2.45, 2.75) is 38.2 Å². The van der Waals surface area contributed by atoms with Gasteiger partial charge in [-0.25, -0.2) is 4.79 Å². The molecule has 1 fully saturated rings. The molecule has 8 nitrogen and oxygen atoms in total. The molecule has 1 aliphatic rings. The van der Waals surface area contributed by atoms with Crippen LogP contribution in [-0.4, -0.2) is 56.0 Å². The van der Waals surface area contributed by atoms with Gasteiger partial charge in [-0.3, -0.25) is 10.1 Å². The first kappa shape index (κ1) is 29.1. The summed E-state index contributed by atoms with van der Waals surface area (Å²) in [6.07, 6.45) is 0.640. The number of quaternary nitrogens is 1. The Morgan fingerprint density at radius 1 is 0.929 bits per heavy atom. The molecule has 218 valence electrons. The maximum atomic E-state index is 12.9. The molecule has 0 bridgehead atoms. The Hall–Kier alpha value is -4.43. The van der Waals surface area contributed by atoms with Crippen molar-refractivity contribution < 1.29 is 28.1 Å². The number of benzene rings is 3. The zero-order chi connectivity index (χ0) is 29.9. The summed E-state index contributed by atoms with van der Waals surface area (Å²) in [6.45, 7) is 4.79. The zero-order valence-corrected chi connectivity index (χ0v) is 24.8. The van der Waals surface area contributed by atoms with Crippen LogP contribution in [0.2, 0.25) is 0 Å². The quantitative estimate of drug-likeness (QED) is 0.165. The summed E-state index contributed by atoms with van der Waals surface area (Å²) in [5, 5.41) is 6.87. The molecule has 0 saturated heterocycles. The number of rotatable bonds is 10. The second-order valence-corrected chi connectivity index (χ2v) is 11.9. The molecule has 1 amide bonds. The first-order chi connectivity index (χ1) is 20.1. The van der Waals surface area contributed by atoms with Crippen molar-refractivity contribution in [1.82, 2.24) is 5.16 Å². The Balaban J connectivity index is 1.24. The van der Waals surface area contributed by atoms with Gasteiger partial charge in [0.15, 0.2) is 5.76 Å². The van der Waals surface area contributed by atoms with Gasteiger partial charge in [-0.15, -0.1) is 0 Å². The molecule has 8 heteroatoms. The van der Waals surface area contributed by atoms with Crippen LogP contribution in [-0.2, 0) is 19.7 Å². The van der Waals surface area contributed by atoms with Crippen LogP contribution in [0.1, 0.15) is 42.7 Å². The highest BCUT2D eigenvalue weighted by molar-refractivity contribution is 5.91. The number of aryl methyl sites for hydroxylation is 1. The first-order valence-electron chi connectivity index (χ1n) is 14.2. The number of nitrogens with zero attached hydrogens (tertiary/aromatic N) is 2. The van der Waals surface area contributed by atoms with Gasteiger partial charge in [0.25, 0.3) is 0 Å². The van der Waals surface area contributed by atoms with Gasteiger partial charge in [0.05, 0.1) is 26.6 Å². The molecule has 0 aliphatic heterocycles. The van der Waals surface area contributed by atoms with Crippen molar-refractivity contribution in [3.63, 3.8) is 0 Å². The number of carbonyl (C=O) groups excluding carboxylic acids is 2. The predicted molar refractivity (Wildman–Crippen MR) is 162 cm³/mol. The van der Waals surface area contributed by atoms with E-state index >= 15 is 0 Å². The number of ether oxygens (including phenoxy) is 2. The van der Waals surface area contributed by atoms with E-state index in [9.17, 15) is 9.59 Å². The van der Waals surface area contributed by atoms with Crippen LogP contribution < -0.4 is 5.32 Å². The summed E-state index contributed by atoms with van der Waals surface area (Å²) >= 11 is 0. The Bertz CT molecular complexity index is 1530. The Morgan fingerprint density at radius 2 is 1.52 bits per heavy atom. The summed E-state index contributed by atoms with van der Waals surface area (Å²) in [5.74, 6) is 0.330. The zero-order valence-electron chi connectivity index (χ0n) is 24.8. The number of nitrogens with one attached hydrogen (secondary N) is 1. The van der Waals surface area contributed by atoms with Gasteiger partial charge < -0.3 is 18.5 Å². The van der Waals surface area contributed by atoms with Crippen LogP contribution in [0.5, 0.6) is 0 Å². The number of carbonyl (C=O) groups is 2. The lowest BCUT2D eigenvalue weighted by Gasteiger charge is -2.24. The lowest BCUT2D eigenvalue weighted by atomic mass is 9.93. The van der Waals surface area contributed by atoms with Crippen LogP contribution in [0.4, 0.5) is 10.5 Å². The van der Waals surface area contributed by atoms with Crippen molar-refractivity contribution in [2.75, 3.05) is 39.6 Å². The Morgan fingerprint density at radius 3 is 2.12 bits per heavy atom. The van der Waals surface area contributed by atoms with Gasteiger partial charge in [0.2, 0.25) is 0 Å². The van der Waals surface area contributed by atoms with E-state index in [0.29, 0.717) is 23.7 Å². The number of anilines is 1. The van der Waals surface area contributed by atoms with E-state index in [1.165, 1.54) is 0 Å². The largest absolute Gasteiger partial charge is 0.459 e. The average molecular weight is 569 g/mol. The molecule has 0 radical (unpaired) electrons. The molecule has 1 aliphatic carbocycles. The molecule has 1 aromatic heterocycles. The van der Waals surface area contributed by atoms with Crippen molar-refractivity contribution in [3.8, 4) is 22.5 Å². The van der Waals surface area contributed by atoms with Crippen LogP contribution in [0.15, 0.2) is 83.4 Å². The van der Waals surface area contributed by atoms with Gasteiger partial charge in [-0.2, -0.15) is 0 Å². The van der Waals surface area contributed by atoms with Crippen molar-refractivity contribution in [1.29, 1.82) is 0 Å². The van der Waals surface area contributed by atoms with Gasteiger partial charge in [0, 0.05) is 5.56 Å². The van der Waals surface area contributed by atoms with E-state index in [1.54, 1.807) is 6.92 Å². The number of likely N-dealkylation sites (N-methyl/N-ethyl adjacent to an activating group) is 1. The van der Waals surface area contributed by atoms with E-state index in [1.807, 2.05) is 85.8 Å². The SMILES string of the molecule is Cc1noc(-c2ccc(-c3ccc(C4(C(=O)OCC[N+](C)(C)C)CC4)cc3)cc2)c1NC(=O)O[C@H](C)c1ccccc1. The molecule has 1 atom stereocenters. The Kier molecular flexibility index (Phi) is 8.18. The molecular weight excluding hydrogens is 530 g/mol. The third-order valence-electron chi connectivity index (χ3n) is 7.70. The monoisotopic (exact) mass is 568 g/mol. The normalized spacial score (nSPS) is 14.6. The molecule has 3 aromatic carbocycles. The van der Waals surface area contributed by atoms with Crippen molar-refractivity contribution >= 4 is 17.7 Å². The highest BCUT2D eigenvalue weighted by Crippen LogP contribution is 2.49. The molecule has 0 unspecified atom stereocenters. The van der Waals surface area contributed by atoms with Crippen LogP contribution in [0, 0.1) is 6.92 Å². The second-order valence-electron chi connectivity index (χ2n) is 11.9. The lowest BCUT2D eigenvalue weighted by molar-refractivity contribution is -0.870. The van der Waals surface area contributed by atoms with Gasteiger partial charge in [-0.1, -0.05) is 84.0 Å². The van der Waals surface area contributed by atoms with Crippen molar-refractivity contribution in [3.05, 3.63) is 95.7 Å². The standard InChI is InChI=1S/C34H37N3O5/c1-23-30(35-33(39)41-24(2)25-9-7-6-8-10-25)31(42-36-23)28-13-11-26(12-14-28)27-15-17-29(18-16-27)34(19-20-34)32(38)40-22-21-37(3,4)5/h6-18,24H,19-22H2,1-5H3/p+1/t24-/m1/s1. The van der Waals surface area contributed by atoms with E-state index in [-0.39, 0.29) is 5.97 Å². The highest BCUT2D eigenvalue weighted by atomic mass is 16.6.